The maximum atomic E-state index is 13.0. The molecule has 7 nitrogen and oxygen atoms in total. The number of hydrogen-bond acceptors (Lipinski definition) is 7. The summed E-state index contributed by atoms with van der Waals surface area (Å²) in [5.41, 5.74) is 0. The van der Waals surface area contributed by atoms with Gasteiger partial charge in [0.05, 0.1) is 19.1 Å². The lowest BCUT2D eigenvalue weighted by Crippen LogP contribution is -2.27. The van der Waals surface area contributed by atoms with E-state index in [4.69, 9.17) is 17.8 Å². The van der Waals surface area contributed by atoms with Crippen LogP contribution in [0.2, 0.25) is 0 Å². The van der Waals surface area contributed by atoms with E-state index in [9.17, 15) is 9.90 Å². The minimum atomic E-state index is -1.62. The van der Waals surface area contributed by atoms with E-state index in [1.54, 1.807) is 0 Å². The van der Waals surface area contributed by atoms with Crippen molar-refractivity contribution in [2.45, 2.75) is 252 Å². The molecular formula is C50H103NO6S. The van der Waals surface area contributed by atoms with E-state index >= 15 is 0 Å². The second-order valence-electron chi connectivity index (χ2n) is 17.7. The summed E-state index contributed by atoms with van der Waals surface area (Å²) in [4.78, 5) is 15.6. The van der Waals surface area contributed by atoms with Crippen LogP contribution < -0.4 is 0 Å². The van der Waals surface area contributed by atoms with Crippen LogP contribution >= 0.6 is 10.6 Å². The Balaban J connectivity index is 4.45. The quantitative estimate of drug-likeness (QED) is 0.0371. The third kappa shape index (κ3) is 39.7. The topological polar surface area (TPSA) is 77.5 Å². The molecule has 0 aromatic carbocycles. The van der Waals surface area contributed by atoms with E-state index in [-0.39, 0.29) is 24.8 Å². The molecule has 58 heavy (non-hydrogen) atoms. The van der Waals surface area contributed by atoms with Crippen LogP contribution in [0.5, 0.6) is 0 Å². The first-order valence-electron chi connectivity index (χ1n) is 25.5. The van der Waals surface area contributed by atoms with Crippen LogP contribution in [0.4, 0.5) is 0 Å². The van der Waals surface area contributed by atoms with Crippen LogP contribution in [0.1, 0.15) is 246 Å². The van der Waals surface area contributed by atoms with Gasteiger partial charge in [-0.1, -0.05) is 175 Å². The lowest BCUT2D eigenvalue weighted by Gasteiger charge is -2.38. The van der Waals surface area contributed by atoms with Gasteiger partial charge in [0.25, 0.3) is 0 Å². The van der Waals surface area contributed by atoms with Gasteiger partial charge in [-0.05, 0) is 83.8 Å². The summed E-state index contributed by atoms with van der Waals surface area (Å²) in [6, 6.07) is 0. The molecule has 0 bridgehead atoms. The summed E-state index contributed by atoms with van der Waals surface area (Å²) >= 11 is 0. The van der Waals surface area contributed by atoms with Gasteiger partial charge in [0.15, 0.2) is 6.29 Å². The highest BCUT2D eigenvalue weighted by molar-refractivity contribution is 8.24. The number of nitrogens with zero attached hydrogens (tertiary/aromatic N) is 1. The van der Waals surface area contributed by atoms with E-state index in [2.05, 4.69) is 45.1 Å². The fourth-order valence-electron chi connectivity index (χ4n) is 7.74. The molecule has 2 atom stereocenters. The average Bonchev–Trinajstić information content (AvgIpc) is 3.21. The van der Waals surface area contributed by atoms with Crippen molar-refractivity contribution in [3.8, 4) is 0 Å². The molecule has 1 N–H and O–H groups in total. The smallest absolute Gasteiger partial charge is 0.308 e. The maximum absolute atomic E-state index is 13.0. The first kappa shape index (κ1) is 57.6. The predicted octanol–water partition coefficient (Wildman–Crippen LogP) is 15.1. The fourth-order valence-corrected chi connectivity index (χ4v) is 8.98. The van der Waals surface area contributed by atoms with Crippen LogP contribution in [0.25, 0.3) is 0 Å². The van der Waals surface area contributed by atoms with Gasteiger partial charge in [0.2, 0.25) is 0 Å². The Morgan fingerprint density at radius 3 is 1.40 bits per heavy atom. The average molecular weight is 846 g/mol. The molecule has 0 saturated carbocycles. The zero-order chi connectivity index (χ0) is 42.6. The van der Waals surface area contributed by atoms with Crippen molar-refractivity contribution in [3.05, 3.63) is 0 Å². The van der Waals surface area contributed by atoms with E-state index in [0.717, 1.165) is 110 Å². The van der Waals surface area contributed by atoms with Crippen LogP contribution in [0.3, 0.4) is 0 Å². The third-order valence-electron chi connectivity index (χ3n) is 11.6. The van der Waals surface area contributed by atoms with Gasteiger partial charge in [0, 0.05) is 32.1 Å². The molecule has 0 aromatic heterocycles. The minimum Gasteiger partial charge on any atom is -0.465 e. The number of aliphatic hydroxyl groups excluding tert-OH is 1. The zero-order valence-corrected chi connectivity index (χ0v) is 40.8. The minimum absolute atomic E-state index is 0.0609. The summed E-state index contributed by atoms with van der Waals surface area (Å²) < 4.78 is 25.0. The zero-order valence-electron chi connectivity index (χ0n) is 40.0. The molecule has 0 heterocycles. The number of esters is 1. The second kappa shape index (κ2) is 44.7. The molecule has 0 aliphatic carbocycles. The Labute approximate surface area is 364 Å². The van der Waals surface area contributed by atoms with Crippen LogP contribution in [-0.4, -0.2) is 80.8 Å². The molecule has 0 saturated heterocycles. The second-order valence-corrected chi connectivity index (χ2v) is 20.4. The molecule has 8 heteroatoms. The summed E-state index contributed by atoms with van der Waals surface area (Å²) in [5, 5.41) is 9.36. The van der Waals surface area contributed by atoms with Crippen LogP contribution in [0.15, 0.2) is 0 Å². The molecule has 0 aliphatic rings. The Hall–Kier alpha value is -0.380. The molecule has 0 radical (unpaired) electrons. The number of carbonyl (C=O) groups excluding carboxylic acids is 1. The molecule has 0 aromatic rings. The number of carbonyl (C=O) groups is 1. The van der Waals surface area contributed by atoms with Crippen molar-refractivity contribution < 1.29 is 27.7 Å². The van der Waals surface area contributed by atoms with Crippen molar-refractivity contribution >= 4 is 16.6 Å². The highest BCUT2D eigenvalue weighted by Gasteiger charge is 2.20. The SMILES string of the molecule is CCCCCCCCOC(CCCCCCC)OS(C)(C)OCCCCCCN(CCCCO)CCCCCCOC(=O)C(CCCCCC)CCCCCCCC. The lowest BCUT2D eigenvalue weighted by atomic mass is 9.94. The predicted molar refractivity (Wildman–Crippen MR) is 254 cm³/mol. The standard InChI is InChI=1S/C50H103NO6S/c1-7-11-15-19-22-29-39-48(38-28-18-14-10-4)50(53)55-46-36-26-23-31-41-51(43-33-34-44-52)42-32-24-27-37-47-56-58(5,6)57-49(40-30-21-17-13-9-3)54-45-35-25-20-16-12-8-2/h48-49,52H,7-47H2,1-6H3. The van der Waals surface area contributed by atoms with E-state index < -0.39 is 10.6 Å². The molecule has 0 aliphatic heterocycles. The van der Waals surface area contributed by atoms with Gasteiger partial charge in [-0.3, -0.25) is 13.2 Å². The molecular weight excluding hydrogens is 743 g/mol. The normalized spacial score (nSPS) is 13.4. The van der Waals surface area contributed by atoms with Crippen molar-refractivity contribution in [1.29, 1.82) is 0 Å². The monoisotopic (exact) mass is 846 g/mol. The number of unbranched alkanes of at least 4 members (excludes halogenated alkanes) is 24. The van der Waals surface area contributed by atoms with E-state index in [0.29, 0.717) is 6.61 Å². The van der Waals surface area contributed by atoms with Crippen molar-refractivity contribution in [1.82, 2.24) is 4.90 Å². The van der Waals surface area contributed by atoms with E-state index in [1.165, 1.54) is 141 Å². The third-order valence-corrected chi connectivity index (χ3v) is 13.0. The molecule has 0 spiro atoms. The van der Waals surface area contributed by atoms with Crippen molar-refractivity contribution in [3.63, 3.8) is 0 Å². The number of aliphatic hydroxyl groups is 1. The largest absolute Gasteiger partial charge is 0.465 e. The highest BCUT2D eigenvalue weighted by Crippen LogP contribution is 2.45. The molecule has 0 amide bonds. The van der Waals surface area contributed by atoms with Gasteiger partial charge < -0.3 is 19.5 Å². The summed E-state index contributed by atoms with van der Waals surface area (Å²) in [6.45, 7) is 14.7. The number of hydrogen-bond donors (Lipinski definition) is 1. The Bertz CT molecular complexity index is 832. The maximum Gasteiger partial charge on any atom is 0.308 e. The summed E-state index contributed by atoms with van der Waals surface area (Å²) in [6.07, 6.45) is 44.5. The lowest BCUT2D eigenvalue weighted by molar-refractivity contribution is -0.149. The van der Waals surface area contributed by atoms with Gasteiger partial charge in [0.1, 0.15) is 0 Å². The Kier molecular flexibility index (Phi) is 44.4. The molecule has 0 fully saturated rings. The summed E-state index contributed by atoms with van der Waals surface area (Å²) in [7, 11) is -1.62. The van der Waals surface area contributed by atoms with Crippen molar-refractivity contribution in [2.24, 2.45) is 5.92 Å². The number of ether oxygens (including phenoxy) is 2. The van der Waals surface area contributed by atoms with Gasteiger partial charge in [-0.25, -0.2) is 0 Å². The first-order valence-corrected chi connectivity index (χ1v) is 27.8. The van der Waals surface area contributed by atoms with Gasteiger partial charge >= 0.3 is 5.97 Å². The van der Waals surface area contributed by atoms with Crippen LogP contribution in [0, 0.1) is 5.92 Å². The van der Waals surface area contributed by atoms with Gasteiger partial charge in [-0.2, -0.15) is 10.6 Å². The van der Waals surface area contributed by atoms with Gasteiger partial charge in [-0.15, -0.1) is 0 Å². The molecule has 0 rings (SSSR count). The fraction of sp³-hybridized carbons (Fsp3) is 0.980. The summed E-state index contributed by atoms with van der Waals surface area (Å²) in [5.74, 6) is 0.155. The van der Waals surface area contributed by atoms with E-state index in [1.807, 2.05) is 0 Å². The molecule has 350 valence electrons. The molecule has 2 unspecified atom stereocenters. The Morgan fingerprint density at radius 1 is 0.483 bits per heavy atom. The number of rotatable bonds is 48. The first-order chi connectivity index (χ1) is 28.3. The highest BCUT2D eigenvalue weighted by atomic mass is 32.3. The van der Waals surface area contributed by atoms with Crippen molar-refractivity contribution in [2.75, 3.05) is 58.6 Å². The Morgan fingerprint density at radius 2 is 0.879 bits per heavy atom. The van der Waals surface area contributed by atoms with Crippen LogP contribution in [-0.2, 0) is 22.6 Å².